The van der Waals surface area contributed by atoms with Crippen molar-refractivity contribution in [3.63, 3.8) is 0 Å². The molecule has 0 saturated carbocycles. The topological polar surface area (TPSA) is 98.0 Å². The summed E-state index contributed by atoms with van der Waals surface area (Å²) >= 11 is 0. The van der Waals surface area contributed by atoms with Gasteiger partial charge < -0.3 is 29.4 Å². The number of amides is 1. The Labute approximate surface area is 169 Å². The molecule has 9 heteroatoms. The monoisotopic (exact) mass is 400 g/mol. The largest absolute Gasteiger partial charge is 0.493 e. The number of piperazine rings is 1. The zero-order valence-electron chi connectivity index (χ0n) is 16.5. The van der Waals surface area contributed by atoms with Crippen LogP contribution in [0.1, 0.15) is 12.0 Å². The van der Waals surface area contributed by atoms with Gasteiger partial charge in [-0.3, -0.25) is 4.79 Å². The number of nitrogens with zero attached hydrogens (tertiary/aromatic N) is 4. The highest BCUT2D eigenvalue weighted by Gasteiger charge is 2.22. The summed E-state index contributed by atoms with van der Waals surface area (Å²) in [6.07, 6.45) is 2.56. The lowest BCUT2D eigenvalue weighted by Gasteiger charge is -2.35. The molecule has 0 radical (unpaired) electrons. The summed E-state index contributed by atoms with van der Waals surface area (Å²) < 4.78 is 10.5. The number of hydrogen-bond donors (Lipinski definition) is 0. The quantitative estimate of drug-likeness (QED) is 0.519. The van der Waals surface area contributed by atoms with Crippen molar-refractivity contribution in [3.8, 4) is 11.5 Å². The highest BCUT2D eigenvalue weighted by atomic mass is 16.6. The van der Waals surface area contributed by atoms with Crippen LogP contribution in [0.2, 0.25) is 0 Å². The van der Waals surface area contributed by atoms with Crippen LogP contribution in [0.15, 0.2) is 36.5 Å². The van der Waals surface area contributed by atoms with Gasteiger partial charge in [-0.15, -0.1) is 0 Å². The van der Waals surface area contributed by atoms with Crippen LogP contribution in [0.4, 0.5) is 11.5 Å². The lowest BCUT2D eigenvalue weighted by atomic mass is 10.1. The second-order valence-corrected chi connectivity index (χ2v) is 6.69. The summed E-state index contributed by atoms with van der Waals surface area (Å²) in [5.74, 6) is 1.26. The van der Waals surface area contributed by atoms with E-state index < -0.39 is 4.92 Å². The number of aromatic nitrogens is 1. The van der Waals surface area contributed by atoms with Crippen LogP contribution in [0.5, 0.6) is 11.5 Å². The molecule has 1 aromatic heterocycles. The third-order valence-electron chi connectivity index (χ3n) is 4.99. The molecule has 154 valence electrons. The van der Waals surface area contributed by atoms with Crippen molar-refractivity contribution in [2.75, 3.05) is 45.3 Å². The van der Waals surface area contributed by atoms with Gasteiger partial charge in [0.2, 0.25) is 5.91 Å². The zero-order chi connectivity index (χ0) is 20.8. The zero-order valence-corrected chi connectivity index (χ0v) is 16.5. The van der Waals surface area contributed by atoms with Crippen LogP contribution in [0, 0.1) is 10.1 Å². The molecule has 0 bridgehead atoms. The second-order valence-electron chi connectivity index (χ2n) is 6.69. The molecular weight excluding hydrogens is 376 g/mol. The van der Waals surface area contributed by atoms with Gasteiger partial charge >= 0.3 is 5.82 Å². The number of carbonyl (C=O) groups is 1. The summed E-state index contributed by atoms with van der Waals surface area (Å²) in [4.78, 5) is 30.6. The first-order chi connectivity index (χ1) is 14.0. The molecule has 1 fully saturated rings. The first-order valence-corrected chi connectivity index (χ1v) is 9.36. The highest BCUT2D eigenvalue weighted by molar-refractivity contribution is 5.77. The minimum absolute atomic E-state index is 0.112. The summed E-state index contributed by atoms with van der Waals surface area (Å²) in [5.41, 5.74) is 1.85. The van der Waals surface area contributed by atoms with Gasteiger partial charge in [-0.1, -0.05) is 6.07 Å². The minimum atomic E-state index is -0.515. The molecule has 29 heavy (non-hydrogen) atoms. The van der Waals surface area contributed by atoms with E-state index >= 15 is 0 Å². The lowest BCUT2D eigenvalue weighted by molar-refractivity contribution is -0.389. The SMILES string of the molecule is COc1ccc(CCC(=O)N2CCN(c3ccc([N+](=O)[O-])nc3)CC2)cc1OC. The summed E-state index contributed by atoms with van der Waals surface area (Å²) in [7, 11) is 3.18. The van der Waals surface area contributed by atoms with Crippen molar-refractivity contribution < 1.29 is 19.2 Å². The van der Waals surface area contributed by atoms with Gasteiger partial charge in [-0.2, -0.15) is 0 Å². The molecule has 0 atom stereocenters. The molecule has 9 nitrogen and oxygen atoms in total. The predicted molar refractivity (Wildman–Crippen MR) is 108 cm³/mol. The first kappa shape index (κ1) is 20.4. The molecule has 2 heterocycles. The fourth-order valence-corrected chi connectivity index (χ4v) is 3.33. The van der Waals surface area contributed by atoms with E-state index in [2.05, 4.69) is 9.88 Å². The number of carbonyl (C=O) groups excluding carboxylic acids is 1. The number of methoxy groups -OCH3 is 2. The smallest absolute Gasteiger partial charge is 0.363 e. The maximum atomic E-state index is 12.6. The van der Waals surface area contributed by atoms with E-state index in [1.165, 1.54) is 12.3 Å². The molecular formula is C20H24N4O5. The molecule has 2 aromatic rings. The Morgan fingerprint density at radius 2 is 1.83 bits per heavy atom. The molecule has 0 aliphatic carbocycles. The number of anilines is 1. The van der Waals surface area contributed by atoms with Gasteiger partial charge in [-0.25, -0.2) is 0 Å². The van der Waals surface area contributed by atoms with Crippen molar-refractivity contribution in [2.24, 2.45) is 0 Å². The number of aryl methyl sites for hydroxylation is 1. The van der Waals surface area contributed by atoms with Gasteiger partial charge in [0.15, 0.2) is 17.7 Å². The molecule has 1 aliphatic rings. The highest BCUT2D eigenvalue weighted by Crippen LogP contribution is 2.28. The maximum Gasteiger partial charge on any atom is 0.363 e. The average molecular weight is 400 g/mol. The van der Waals surface area contributed by atoms with Gasteiger partial charge in [0, 0.05) is 38.7 Å². The number of ether oxygens (including phenoxy) is 2. The molecule has 1 amide bonds. The van der Waals surface area contributed by atoms with Crippen molar-refractivity contribution in [1.82, 2.24) is 9.88 Å². The van der Waals surface area contributed by atoms with Crippen molar-refractivity contribution in [2.45, 2.75) is 12.8 Å². The fourth-order valence-electron chi connectivity index (χ4n) is 3.33. The van der Waals surface area contributed by atoms with Crippen LogP contribution in [-0.2, 0) is 11.2 Å². The molecule has 0 unspecified atom stereocenters. The Morgan fingerprint density at radius 3 is 2.41 bits per heavy atom. The predicted octanol–water partition coefficient (Wildman–Crippen LogP) is 2.29. The van der Waals surface area contributed by atoms with Gasteiger partial charge in [0.05, 0.1) is 19.9 Å². The summed E-state index contributed by atoms with van der Waals surface area (Å²) in [6.45, 7) is 2.56. The molecule has 3 rings (SSSR count). The van der Waals surface area contributed by atoms with E-state index in [1.807, 2.05) is 23.1 Å². The number of nitro groups is 1. The number of benzene rings is 1. The molecule has 1 aliphatic heterocycles. The van der Waals surface area contributed by atoms with E-state index in [9.17, 15) is 14.9 Å². The normalized spacial score (nSPS) is 13.9. The van der Waals surface area contributed by atoms with Gasteiger partial charge in [0.1, 0.15) is 0 Å². The van der Waals surface area contributed by atoms with Crippen LogP contribution < -0.4 is 14.4 Å². The van der Waals surface area contributed by atoms with E-state index in [-0.39, 0.29) is 11.7 Å². The molecule has 1 saturated heterocycles. The standard InChI is InChI=1S/C20H24N4O5/c1-28-17-6-3-15(13-18(17)29-2)4-8-20(25)23-11-9-22(10-12-23)16-5-7-19(21-14-16)24(26)27/h3,5-7,13-14H,4,8-12H2,1-2H3. The summed E-state index contributed by atoms with van der Waals surface area (Å²) in [5, 5.41) is 10.7. The number of rotatable bonds is 7. The van der Waals surface area contributed by atoms with E-state index in [0.29, 0.717) is 50.5 Å². The van der Waals surface area contributed by atoms with E-state index in [1.54, 1.807) is 20.3 Å². The maximum absolute atomic E-state index is 12.6. The van der Waals surface area contributed by atoms with Crippen LogP contribution in [-0.4, -0.2) is 61.1 Å². The van der Waals surface area contributed by atoms with Crippen LogP contribution in [0.3, 0.4) is 0 Å². The Balaban J connectivity index is 1.50. The molecule has 0 N–H and O–H groups in total. The van der Waals surface area contributed by atoms with E-state index in [4.69, 9.17) is 9.47 Å². The van der Waals surface area contributed by atoms with Crippen LogP contribution >= 0.6 is 0 Å². The number of hydrogen-bond acceptors (Lipinski definition) is 7. The van der Waals surface area contributed by atoms with Crippen molar-refractivity contribution >= 4 is 17.4 Å². The molecule has 0 spiro atoms. The second kappa shape index (κ2) is 9.22. The summed E-state index contributed by atoms with van der Waals surface area (Å²) in [6, 6.07) is 8.77. The number of pyridine rings is 1. The van der Waals surface area contributed by atoms with E-state index in [0.717, 1.165) is 11.3 Å². The Kier molecular flexibility index (Phi) is 6.48. The lowest BCUT2D eigenvalue weighted by Crippen LogP contribution is -2.48. The minimum Gasteiger partial charge on any atom is -0.493 e. The van der Waals surface area contributed by atoms with Crippen molar-refractivity contribution in [3.05, 3.63) is 52.2 Å². The van der Waals surface area contributed by atoms with Crippen molar-refractivity contribution in [1.29, 1.82) is 0 Å². The van der Waals surface area contributed by atoms with Gasteiger partial charge in [-0.05, 0) is 40.1 Å². The Morgan fingerprint density at radius 1 is 1.10 bits per heavy atom. The first-order valence-electron chi connectivity index (χ1n) is 9.36. The van der Waals surface area contributed by atoms with Gasteiger partial charge in [0.25, 0.3) is 0 Å². The fraction of sp³-hybridized carbons (Fsp3) is 0.400. The Hall–Kier alpha value is -3.36. The third-order valence-corrected chi connectivity index (χ3v) is 4.99. The third kappa shape index (κ3) is 4.92. The average Bonchev–Trinajstić information content (AvgIpc) is 2.77. The molecule has 1 aromatic carbocycles. The Bertz CT molecular complexity index is 864. The van der Waals surface area contributed by atoms with Crippen LogP contribution in [0.25, 0.3) is 0 Å².